The third-order valence-corrected chi connectivity index (χ3v) is 5.80. The largest absolute Gasteiger partial charge is 0.324 e. The summed E-state index contributed by atoms with van der Waals surface area (Å²) in [7, 11) is -3.71. The number of amides is 1. The normalized spacial score (nSPS) is 12.5. The van der Waals surface area contributed by atoms with E-state index in [-0.39, 0.29) is 5.91 Å². The van der Waals surface area contributed by atoms with E-state index in [4.69, 9.17) is 11.6 Å². The number of para-hydroxylation sites is 1. The topological polar surface area (TPSA) is 66.5 Å². The van der Waals surface area contributed by atoms with Gasteiger partial charge >= 0.3 is 0 Å². The van der Waals surface area contributed by atoms with Crippen molar-refractivity contribution in [3.63, 3.8) is 0 Å². The molecule has 27 heavy (non-hydrogen) atoms. The highest BCUT2D eigenvalue weighted by molar-refractivity contribution is 7.92. The zero-order valence-corrected chi connectivity index (χ0v) is 17.6. The van der Waals surface area contributed by atoms with E-state index in [9.17, 15) is 13.2 Å². The Bertz CT molecular complexity index is 929. The molecule has 2 aromatic carbocycles. The van der Waals surface area contributed by atoms with Gasteiger partial charge in [0.25, 0.3) is 0 Å². The lowest BCUT2D eigenvalue weighted by Gasteiger charge is -2.31. The van der Waals surface area contributed by atoms with Crippen LogP contribution in [-0.2, 0) is 21.2 Å². The van der Waals surface area contributed by atoms with Crippen LogP contribution in [0.4, 0.5) is 11.4 Å². The summed E-state index contributed by atoms with van der Waals surface area (Å²) >= 11 is 6.09. The molecule has 0 aliphatic rings. The Morgan fingerprint density at radius 2 is 1.85 bits per heavy atom. The first-order chi connectivity index (χ1) is 12.7. The van der Waals surface area contributed by atoms with Crippen LogP contribution in [-0.4, -0.2) is 26.6 Å². The molecular weight excluding hydrogens is 384 g/mol. The number of rotatable bonds is 7. The monoisotopic (exact) mass is 408 g/mol. The third-order valence-electron chi connectivity index (χ3n) is 4.39. The Hall–Kier alpha value is -2.05. The number of nitrogens with zero attached hydrogens (tertiary/aromatic N) is 1. The lowest BCUT2D eigenvalue weighted by Crippen LogP contribution is -2.47. The van der Waals surface area contributed by atoms with Crippen molar-refractivity contribution in [3.8, 4) is 0 Å². The second-order valence-corrected chi connectivity index (χ2v) is 8.71. The maximum absolute atomic E-state index is 13.0. The molecule has 1 atom stereocenters. The standard InChI is InChI=1S/C20H25ClN2O3S/c1-5-15-9-7-8-10-17(15)22-20(24)18(6-2)23(27(4,25)26)19-13-16(21)12-11-14(19)3/h7-13,18H,5-6H2,1-4H3,(H,22,24)/t18-/m0/s1. The minimum atomic E-state index is -3.71. The molecular formula is C20H25ClN2O3S. The Morgan fingerprint density at radius 3 is 2.44 bits per heavy atom. The molecule has 1 N–H and O–H groups in total. The van der Waals surface area contributed by atoms with E-state index in [2.05, 4.69) is 5.32 Å². The fourth-order valence-electron chi connectivity index (χ4n) is 3.02. The molecule has 0 heterocycles. The molecule has 0 aromatic heterocycles. The zero-order chi connectivity index (χ0) is 20.2. The second-order valence-electron chi connectivity index (χ2n) is 6.41. The van der Waals surface area contributed by atoms with Crippen molar-refractivity contribution in [2.75, 3.05) is 15.9 Å². The van der Waals surface area contributed by atoms with Crippen LogP contribution < -0.4 is 9.62 Å². The van der Waals surface area contributed by atoms with Crippen molar-refractivity contribution in [2.45, 2.75) is 39.7 Å². The van der Waals surface area contributed by atoms with Crippen molar-refractivity contribution in [1.29, 1.82) is 0 Å². The van der Waals surface area contributed by atoms with Gasteiger partial charge in [0.1, 0.15) is 6.04 Å². The number of hydrogen-bond donors (Lipinski definition) is 1. The molecule has 0 radical (unpaired) electrons. The van der Waals surface area contributed by atoms with Gasteiger partial charge in [-0.25, -0.2) is 8.42 Å². The second kappa shape index (κ2) is 8.76. The first kappa shape index (κ1) is 21.3. The summed E-state index contributed by atoms with van der Waals surface area (Å²) in [4.78, 5) is 13.0. The van der Waals surface area contributed by atoms with Gasteiger partial charge in [0, 0.05) is 10.7 Å². The number of sulfonamides is 1. The fraction of sp³-hybridized carbons (Fsp3) is 0.350. The number of carbonyl (C=O) groups is 1. The predicted molar refractivity (Wildman–Crippen MR) is 112 cm³/mol. The lowest BCUT2D eigenvalue weighted by atomic mass is 10.1. The van der Waals surface area contributed by atoms with Gasteiger partial charge in [-0.2, -0.15) is 0 Å². The van der Waals surface area contributed by atoms with Crippen LogP contribution in [0, 0.1) is 6.92 Å². The quantitative estimate of drug-likeness (QED) is 0.738. The summed E-state index contributed by atoms with van der Waals surface area (Å²) in [6, 6.07) is 11.6. The minimum absolute atomic E-state index is 0.319. The Kier molecular flexibility index (Phi) is 6.89. The Balaban J connectivity index is 2.46. The van der Waals surface area contributed by atoms with Crippen LogP contribution in [0.2, 0.25) is 5.02 Å². The zero-order valence-electron chi connectivity index (χ0n) is 16.0. The molecule has 0 fully saturated rings. The average Bonchev–Trinajstić information content (AvgIpc) is 2.61. The van der Waals surface area contributed by atoms with E-state index in [1.165, 1.54) is 0 Å². The SMILES string of the molecule is CCc1ccccc1NC(=O)[C@H](CC)N(c1cc(Cl)ccc1C)S(C)(=O)=O. The van der Waals surface area contributed by atoms with Gasteiger partial charge < -0.3 is 5.32 Å². The predicted octanol–water partition coefficient (Wildman–Crippen LogP) is 4.39. The highest BCUT2D eigenvalue weighted by atomic mass is 35.5. The van der Waals surface area contributed by atoms with E-state index < -0.39 is 16.1 Å². The van der Waals surface area contributed by atoms with Gasteiger partial charge in [0.05, 0.1) is 11.9 Å². The fourth-order valence-corrected chi connectivity index (χ4v) is 4.45. The van der Waals surface area contributed by atoms with Crippen LogP contribution >= 0.6 is 11.6 Å². The summed E-state index contributed by atoms with van der Waals surface area (Å²) in [6.45, 7) is 5.58. The van der Waals surface area contributed by atoms with E-state index >= 15 is 0 Å². The summed E-state index contributed by atoms with van der Waals surface area (Å²) in [5.41, 5.74) is 2.83. The first-order valence-corrected chi connectivity index (χ1v) is 11.1. The number of benzene rings is 2. The maximum Gasteiger partial charge on any atom is 0.248 e. The Labute approximate surface area is 166 Å². The molecule has 0 aliphatic heterocycles. The molecule has 146 valence electrons. The molecule has 2 aromatic rings. The smallest absolute Gasteiger partial charge is 0.248 e. The van der Waals surface area contributed by atoms with Gasteiger partial charge in [-0.05, 0) is 49.1 Å². The molecule has 0 spiro atoms. The summed E-state index contributed by atoms with van der Waals surface area (Å²) < 4.78 is 26.3. The number of halogens is 1. The first-order valence-electron chi connectivity index (χ1n) is 8.83. The van der Waals surface area contributed by atoms with Crippen LogP contribution in [0.15, 0.2) is 42.5 Å². The van der Waals surface area contributed by atoms with Crippen molar-refractivity contribution >= 4 is 38.9 Å². The van der Waals surface area contributed by atoms with Crippen LogP contribution in [0.25, 0.3) is 0 Å². The minimum Gasteiger partial charge on any atom is -0.324 e. The van der Waals surface area contributed by atoms with Gasteiger partial charge in [-0.3, -0.25) is 9.10 Å². The molecule has 1 amide bonds. The van der Waals surface area contributed by atoms with Crippen LogP contribution in [0.3, 0.4) is 0 Å². The molecule has 0 unspecified atom stereocenters. The van der Waals surface area contributed by atoms with Crippen LogP contribution in [0.5, 0.6) is 0 Å². The van der Waals surface area contributed by atoms with Gasteiger partial charge in [-0.15, -0.1) is 0 Å². The van der Waals surface area contributed by atoms with E-state index in [0.29, 0.717) is 22.8 Å². The van der Waals surface area contributed by atoms with Crippen molar-refractivity contribution in [3.05, 3.63) is 58.6 Å². The van der Waals surface area contributed by atoms with Crippen molar-refractivity contribution < 1.29 is 13.2 Å². The third kappa shape index (κ3) is 5.02. The molecule has 2 rings (SSSR count). The lowest BCUT2D eigenvalue weighted by molar-refractivity contribution is -0.117. The summed E-state index contributed by atoms with van der Waals surface area (Å²) in [5.74, 6) is -0.372. The van der Waals surface area contributed by atoms with Gasteiger partial charge in [0.2, 0.25) is 15.9 Å². The van der Waals surface area contributed by atoms with E-state index in [1.54, 1.807) is 32.0 Å². The molecule has 0 saturated heterocycles. The number of carbonyl (C=O) groups excluding carboxylic acids is 1. The van der Waals surface area contributed by atoms with Crippen molar-refractivity contribution in [2.24, 2.45) is 0 Å². The molecule has 5 nitrogen and oxygen atoms in total. The molecule has 7 heteroatoms. The molecule has 0 aliphatic carbocycles. The summed E-state index contributed by atoms with van der Waals surface area (Å²) in [6.07, 6.45) is 2.18. The van der Waals surface area contributed by atoms with Gasteiger partial charge in [0.15, 0.2) is 0 Å². The number of hydrogen-bond acceptors (Lipinski definition) is 3. The van der Waals surface area contributed by atoms with Crippen molar-refractivity contribution in [1.82, 2.24) is 0 Å². The summed E-state index contributed by atoms with van der Waals surface area (Å²) in [5, 5.41) is 3.30. The van der Waals surface area contributed by atoms with Gasteiger partial charge in [-0.1, -0.05) is 49.7 Å². The van der Waals surface area contributed by atoms with Crippen LogP contribution in [0.1, 0.15) is 31.4 Å². The number of aryl methyl sites for hydroxylation is 2. The highest BCUT2D eigenvalue weighted by Gasteiger charge is 2.32. The van der Waals surface area contributed by atoms with E-state index in [0.717, 1.165) is 28.1 Å². The maximum atomic E-state index is 13.0. The van der Waals surface area contributed by atoms with E-state index in [1.807, 2.05) is 31.2 Å². The Morgan fingerprint density at radius 1 is 1.19 bits per heavy atom. The number of nitrogens with one attached hydrogen (secondary N) is 1. The molecule has 0 saturated carbocycles. The average molecular weight is 409 g/mol. The highest BCUT2D eigenvalue weighted by Crippen LogP contribution is 2.29. The molecule has 0 bridgehead atoms. The number of anilines is 2.